The summed E-state index contributed by atoms with van der Waals surface area (Å²) in [5.74, 6) is 1.13. The Hall–Kier alpha value is -2.47. The van der Waals surface area contributed by atoms with Crippen molar-refractivity contribution < 1.29 is 4.79 Å². The van der Waals surface area contributed by atoms with Crippen LogP contribution in [0, 0.1) is 11.8 Å². The lowest BCUT2D eigenvalue weighted by Gasteiger charge is -2.54. The Labute approximate surface area is 182 Å². The predicted octanol–water partition coefficient (Wildman–Crippen LogP) is 2.97. The normalized spacial score (nSPS) is 30.5. The number of fused-ring (bicyclic) bond motifs is 7. The second-order valence-electron chi connectivity index (χ2n) is 9.83. The SMILES string of the molecule is Cn1nc(C(=O)N2CCCC3=C[C@H]4C[C@@H](CN5CCCCC45)C32)c2ccccc2c1=O. The summed E-state index contributed by atoms with van der Waals surface area (Å²) in [6.45, 7) is 3.08. The highest BCUT2D eigenvalue weighted by Gasteiger charge is 2.47. The van der Waals surface area contributed by atoms with Crippen molar-refractivity contribution in [2.45, 2.75) is 50.6 Å². The summed E-state index contributed by atoms with van der Waals surface area (Å²) in [6.07, 6.45) is 9.82. The fourth-order valence-electron chi connectivity index (χ4n) is 6.79. The zero-order chi connectivity index (χ0) is 21.1. The van der Waals surface area contributed by atoms with E-state index in [1.807, 2.05) is 18.2 Å². The molecule has 0 radical (unpaired) electrons. The molecule has 6 rings (SSSR count). The van der Waals surface area contributed by atoms with Crippen LogP contribution < -0.4 is 5.56 Å². The molecule has 0 saturated carbocycles. The molecule has 3 saturated heterocycles. The van der Waals surface area contributed by atoms with Crippen LogP contribution in [0.4, 0.5) is 0 Å². The van der Waals surface area contributed by atoms with E-state index in [0.29, 0.717) is 34.3 Å². The predicted molar refractivity (Wildman–Crippen MR) is 120 cm³/mol. The van der Waals surface area contributed by atoms with Crippen LogP contribution in [0.5, 0.6) is 0 Å². The highest BCUT2D eigenvalue weighted by molar-refractivity contribution is 6.05. The molecule has 6 heteroatoms. The smallest absolute Gasteiger partial charge is 0.275 e. The average molecular weight is 419 g/mol. The van der Waals surface area contributed by atoms with Crippen molar-refractivity contribution >= 4 is 16.7 Å². The van der Waals surface area contributed by atoms with E-state index < -0.39 is 0 Å². The minimum absolute atomic E-state index is 0.0263. The number of likely N-dealkylation sites (tertiary alicyclic amines) is 1. The summed E-state index contributed by atoms with van der Waals surface area (Å²) in [5, 5.41) is 5.67. The second-order valence-corrected chi connectivity index (χ2v) is 9.83. The summed E-state index contributed by atoms with van der Waals surface area (Å²) in [4.78, 5) is 31.2. The number of carbonyl (C=O) groups is 1. The number of rotatable bonds is 1. The molecule has 2 aromatic rings. The third-order valence-corrected chi connectivity index (χ3v) is 8.08. The van der Waals surface area contributed by atoms with E-state index in [1.165, 1.54) is 42.5 Å². The Morgan fingerprint density at radius 1 is 1.10 bits per heavy atom. The van der Waals surface area contributed by atoms with Crippen molar-refractivity contribution in [3.8, 4) is 0 Å². The van der Waals surface area contributed by atoms with E-state index in [4.69, 9.17) is 0 Å². The van der Waals surface area contributed by atoms with Gasteiger partial charge in [0.1, 0.15) is 0 Å². The van der Waals surface area contributed by atoms with E-state index in [0.717, 1.165) is 25.9 Å². The molecule has 0 spiro atoms. The lowest BCUT2D eigenvalue weighted by Crippen LogP contribution is -2.60. The van der Waals surface area contributed by atoms with E-state index in [2.05, 4.69) is 21.0 Å². The van der Waals surface area contributed by atoms with Crippen molar-refractivity contribution in [1.29, 1.82) is 0 Å². The Morgan fingerprint density at radius 3 is 2.81 bits per heavy atom. The van der Waals surface area contributed by atoms with Gasteiger partial charge in [0.05, 0.1) is 11.4 Å². The van der Waals surface area contributed by atoms with E-state index in [1.54, 1.807) is 13.1 Å². The van der Waals surface area contributed by atoms with Crippen LogP contribution in [0.1, 0.15) is 49.0 Å². The van der Waals surface area contributed by atoms with Gasteiger partial charge in [-0.05, 0) is 56.6 Å². The second kappa shape index (κ2) is 7.30. The van der Waals surface area contributed by atoms with Gasteiger partial charge in [0.15, 0.2) is 5.69 Å². The number of aryl methyl sites for hydroxylation is 1. The lowest BCUT2D eigenvalue weighted by molar-refractivity contribution is 0.00131. The van der Waals surface area contributed by atoms with Crippen molar-refractivity contribution in [2.75, 3.05) is 19.6 Å². The summed E-state index contributed by atoms with van der Waals surface area (Å²) >= 11 is 0. The van der Waals surface area contributed by atoms with Gasteiger partial charge in [0.25, 0.3) is 11.5 Å². The molecule has 3 fully saturated rings. The fourth-order valence-corrected chi connectivity index (χ4v) is 6.79. The quantitative estimate of drug-likeness (QED) is 0.668. The average Bonchev–Trinajstić information content (AvgIpc) is 2.81. The maximum atomic E-state index is 13.9. The van der Waals surface area contributed by atoms with Crippen LogP contribution in [-0.4, -0.2) is 57.2 Å². The monoisotopic (exact) mass is 418 g/mol. The maximum absolute atomic E-state index is 13.9. The van der Waals surface area contributed by atoms with Crippen LogP contribution in [0.15, 0.2) is 40.7 Å². The molecule has 2 bridgehead atoms. The van der Waals surface area contributed by atoms with Crippen LogP contribution in [-0.2, 0) is 7.05 Å². The van der Waals surface area contributed by atoms with Crippen LogP contribution in [0.2, 0.25) is 0 Å². The standard InChI is InChI=1S/C25H30N4O2/c1-27-24(30)20-9-3-2-8-19(20)22(26-27)25(31)29-12-6-7-16-13-17-14-18(23(16)29)15-28-11-5-4-10-21(17)28/h2-3,8-9,13,17-18,21,23H,4-7,10-12,14-15H2,1H3/t17-,18-,21?,23?/m0/s1. The van der Waals surface area contributed by atoms with Crippen molar-refractivity contribution in [3.05, 3.63) is 52.0 Å². The van der Waals surface area contributed by atoms with Crippen LogP contribution >= 0.6 is 0 Å². The zero-order valence-corrected chi connectivity index (χ0v) is 18.2. The topological polar surface area (TPSA) is 58.4 Å². The summed E-state index contributed by atoms with van der Waals surface area (Å²) < 4.78 is 1.31. The molecule has 1 aliphatic carbocycles. The van der Waals surface area contributed by atoms with Gasteiger partial charge in [-0.25, -0.2) is 4.68 Å². The number of carbonyl (C=O) groups excluding carboxylic acids is 1. The molecule has 1 aromatic heterocycles. The third-order valence-electron chi connectivity index (χ3n) is 8.08. The summed E-state index contributed by atoms with van der Waals surface area (Å²) in [5.41, 5.74) is 1.73. The van der Waals surface area contributed by atoms with Gasteiger partial charge < -0.3 is 4.90 Å². The Bertz CT molecular complexity index is 1140. The molecule has 4 atom stereocenters. The van der Waals surface area contributed by atoms with Crippen molar-refractivity contribution in [2.24, 2.45) is 18.9 Å². The number of nitrogens with zero attached hydrogens (tertiary/aromatic N) is 4. The van der Waals surface area contributed by atoms with Crippen LogP contribution in [0.3, 0.4) is 0 Å². The molecule has 1 amide bonds. The Balaban J connectivity index is 1.40. The number of amides is 1. The molecule has 6 nitrogen and oxygen atoms in total. The van der Waals surface area contributed by atoms with Gasteiger partial charge in [-0.2, -0.15) is 5.10 Å². The first-order chi connectivity index (χ1) is 15.1. The minimum atomic E-state index is -0.157. The molecule has 3 aliphatic heterocycles. The van der Waals surface area contributed by atoms with Gasteiger partial charge >= 0.3 is 0 Å². The number of benzene rings is 1. The molecule has 2 unspecified atom stereocenters. The number of hydrogen-bond donors (Lipinski definition) is 0. The molecule has 31 heavy (non-hydrogen) atoms. The van der Waals surface area contributed by atoms with Gasteiger partial charge in [-0.15, -0.1) is 0 Å². The molecule has 0 N–H and O–H groups in total. The fraction of sp³-hybridized carbons (Fsp3) is 0.560. The Kier molecular flexibility index (Phi) is 4.53. The molecule has 4 aliphatic rings. The van der Waals surface area contributed by atoms with Gasteiger partial charge in [0, 0.05) is 31.6 Å². The van der Waals surface area contributed by atoms with Gasteiger partial charge in [0.2, 0.25) is 0 Å². The number of piperidine rings is 3. The molecule has 162 valence electrons. The molecule has 4 heterocycles. The summed E-state index contributed by atoms with van der Waals surface area (Å²) in [6, 6.07) is 8.26. The first-order valence-electron chi connectivity index (χ1n) is 11.8. The Morgan fingerprint density at radius 2 is 1.94 bits per heavy atom. The van der Waals surface area contributed by atoms with E-state index in [-0.39, 0.29) is 17.5 Å². The van der Waals surface area contributed by atoms with Crippen molar-refractivity contribution in [3.63, 3.8) is 0 Å². The summed E-state index contributed by atoms with van der Waals surface area (Å²) in [7, 11) is 1.63. The molecular weight excluding hydrogens is 388 g/mol. The number of hydrogen-bond acceptors (Lipinski definition) is 4. The number of aromatic nitrogens is 2. The molecule has 1 aromatic carbocycles. The first kappa shape index (κ1) is 19.2. The molecular formula is C25H30N4O2. The van der Waals surface area contributed by atoms with Crippen LogP contribution in [0.25, 0.3) is 10.8 Å². The highest BCUT2D eigenvalue weighted by Crippen LogP contribution is 2.45. The minimum Gasteiger partial charge on any atom is -0.330 e. The third kappa shape index (κ3) is 2.99. The van der Waals surface area contributed by atoms with Crippen molar-refractivity contribution in [1.82, 2.24) is 19.6 Å². The lowest BCUT2D eigenvalue weighted by atomic mass is 9.68. The van der Waals surface area contributed by atoms with E-state index >= 15 is 0 Å². The van der Waals surface area contributed by atoms with E-state index in [9.17, 15) is 9.59 Å². The zero-order valence-electron chi connectivity index (χ0n) is 18.2. The van der Waals surface area contributed by atoms with Gasteiger partial charge in [-0.3, -0.25) is 14.5 Å². The first-order valence-corrected chi connectivity index (χ1v) is 11.8. The highest BCUT2D eigenvalue weighted by atomic mass is 16.2. The van der Waals surface area contributed by atoms with Gasteiger partial charge in [-0.1, -0.05) is 36.3 Å². The largest absolute Gasteiger partial charge is 0.330 e. The maximum Gasteiger partial charge on any atom is 0.275 e.